The van der Waals surface area contributed by atoms with Crippen LogP contribution in [-0.2, 0) is 14.4 Å². The second-order valence-corrected chi connectivity index (χ2v) is 3.88. The van der Waals surface area contributed by atoms with Gasteiger partial charge in [0.25, 0.3) is 0 Å². The molecule has 0 aliphatic heterocycles. The van der Waals surface area contributed by atoms with E-state index >= 15 is 0 Å². The molecule has 10 heteroatoms. The number of carboxylic acid groups (broad SMARTS) is 3. The molecule has 2 amide bonds. The van der Waals surface area contributed by atoms with Crippen molar-refractivity contribution in [2.24, 2.45) is 0 Å². The Balaban J connectivity index is 4.42. The zero-order chi connectivity index (χ0) is 15.0. The average Bonchev–Trinajstić information content (AvgIpc) is 2.30. The summed E-state index contributed by atoms with van der Waals surface area (Å²) in [6.45, 7) is 0. The summed E-state index contributed by atoms with van der Waals surface area (Å²) in [4.78, 5) is 43.0. The highest BCUT2D eigenvalue weighted by Crippen LogP contribution is 1.98. The predicted molar refractivity (Wildman–Crippen MR) is 65.2 cm³/mol. The fourth-order valence-corrected chi connectivity index (χ4v) is 1.32. The molecule has 2 atom stereocenters. The molecule has 0 saturated carbocycles. The van der Waals surface area contributed by atoms with Gasteiger partial charge in [-0.15, -0.1) is 0 Å². The van der Waals surface area contributed by atoms with Crippen LogP contribution in [0.25, 0.3) is 0 Å². The molecule has 108 valence electrons. The lowest BCUT2D eigenvalue weighted by Crippen LogP contribution is -2.51. The van der Waals surface area contributed by atoms with Gasteiger partial charge < -0.3 is 26.0 Å². The zero-order valence-corrected chi connectivity index (χ0v) is 10.6. The van der Waals surface area contributed by atoms with E-state index in [1.165, 1.54) is 0 Å². The van der Waals surface area contributed by atoms with Gasteiger partial charge >= 0.3 is 23.9 Å². The van der Waals surface area contributed by atoms with E-state index in [0.29, 0.717) is 0 Å². The zero-order valence-electron chi connectivity index (χ0n) is 9.70. The van der Waals surface area contributed by atoms with Crippen LogP contribution in [0.3, 0.4) is 0 Å². The van der Waals surface area contributed by atoms with E-state index in [1.807, 2.05) is 10.6 Å². The monoisotopic (exact) mass is 294 g/mol. The Labute approximate surface area is 113 Å². The lowest BCUT2D eigenvalue weighted by Gasteiger charge is -2.16. The number of carboxylic acids is 3. The summed E-state index contributed by atoms with van der Waals surface area (Å²) >= 11 is 3.71. The van der Waals surface area contributed by atoms with E-state index in [1.54, 1.807) is 0 Å². The van der Waals surface area contributed by atoms with Crippen LogP contribution in [-0.4, -0.2) is 57.1 Å². The van der Waals surface area contributed by atoms with E-state index in [0.717, 1.165) is 0 Å². The van der Waals surface area contributed by atoms with Crippen molar-refractivity contribution in [1.29, 1.82) is 0 Å². The van der Waals surface area contributed by atoms with Gasteiger partial charge in [-0.3, -0.25) is 4.79 Å². The minimum absolute atomic E-state index is 0.171. The molecule has 9 nitrogen and oxygen atoms in total. The smallest absolute Gasteiger partial charge is 0.327 e. The summed E-state index contributed by atoms with van der Waals surface area (Å²) in [5.41, 5.74) is 0. The van der Waals surface area contributed by atoms with Crippen LogP contribution in [0.2, 0.25) is 0 Å². The van der Waals surface area contributed by atoms with Crippen molar-refractivity contribution in [3.05, 3.63) is 0 Å². The third-order valence-corrected chi connectivity index (χ3v) is 2.40. The van der Waals surface area contributed by atoms with Gasteiger partial charge in [0.05, 0.1) is 0 Å². The number of hydrogen-bond acceptors (Lipinski definition) is 5. The van der Waals surface area contributed by atoms with Crippen LogP contribution in [0.15, 0.2) is 0 Å². The third-order valence-electron chi connectivity index (χ3n) is 2.04. The first-order valence-electron chi connectivity index (χ1n) is 5.13. The van der Waals surface area contributed by atoms with Crippen LogP contribution in [0.4, 0.5) is 4.79 Å². The van der Waals surface area contributed by atoms with Crippen molar-refractivity contribution in [3.8, 4) is 0 Å². The molecule has 19 heavy (non-hydrogen) atoms. The summed E-state index contributed by atoms with van der Waals surface area (Å²) < 4.78 is 0. The fraction of sp³-hybridized carbons (Fsp3) is 0.556. The van der Waals surface area contributed by atoms with E-state index < -0.39 is 42.4 Å². The lowest BCUT2D eigenvalue weighted by molar-refractivity contribution is -0.140. The molecule has 0 aliphatic rings. The van der Waals surface area contributed by atoms with Gasteiger partial charge in [0.15, 0.2) is 0 Å². The highest BCUT2D eigenvalue weighted by Gasteiger charge is 2.23. The normalized spacial score (nSPS) is 13.1. The van der Waals surface area contributed by atoms with Crippen molar-refractivity contribution < 1.29 is 34.5 Å². The van der Waals surface area contributed by atoms with Gasteiger partial charge in [-0.1, -0.05) is 0 Å². The largest absolute Gasteiger partial charge is 0.481 e. The van der Waals surface area contributed by atoms with Gasteiger partial charge in [0.2, 0.25) is 0 Å². The number of aliphatic carboxylic acids is 3. The van der Waals surface area contributed by atoms with E-state index in [9.17, 15) is 19.2 Å². The highest BCUT2D eigenvalue weighted by molar-refractivity contribution is 7.80. The number of hydrogen-bond donors (Lipinski definition) is 6. The SMILES string of the molecule is O=C(O)CCC(NC(=O)N[C@@H](CS)C(=O)O)C(=O)O. The van der Waals surface area contributed by atoms with Gasteiger partial charge in [-0.25, -0.2) is 14.4 Å². The molecular formula is C9H14N2O7S. The number of amides is 2. The van der Waals surface area contributed by atoms with E-state index in [4.69, 9.17) is 15.3 Å². The quantitative estimate of drug-likeness (QED) is 0.313. The van der Waals surface area contributed by atoms with Gasteiger partial charge in [0.1, 0.15) is 12.1 Å². The van der Waals surface area contributed by atoms with Crippen LogP contribution in [0.5, 0.6) is 0 Å². The van der Waals surface area contributed by atoms with E-state index in [-0.39, 0.29) is 12.2 Å². The Morgan fingerprint density at radius 2 is 1.42 bits per heavy atom. The third kappa shape index (κ3) is 7.13. The molecule has 0 aromatic carbocycles. The first-order chi connectivity index (χ1) is 8.77. The van der Waals surface area contributed by atoms with Crippen molar-refractivity contribution in [3.63, 3.8) is 0 Å². The summed E-state index contributed by atoms with van der Waals surface area (Å²) in [6.07, 6.45) is -0.747. The van der Waals surface area contributed by atoms with Crippen molar-refractivity contribution in [2.45, 2.75) is 24.9 Å². The molecule has 0 bridgehead atoms. The molecule has 0 rings (SSSR count). The Morgan fingerprint density at radius 3 is 1.79 bits per heavy atom. The molecular weight excluding hydrogens is 280 g/mol. The Kier molecular flexibility index (Phi) is 7.34. The van der Waals surface area contributed by atoms with Crippen LogP contribution < -0.4 is 10.6 Å². The Hall–Kier alpha value is -1.97. The number of carbonyl (C=O) groups excluding carboxylic acids is 1. The molecule has 0 saturated heterocycles. The maximum Gasteiger partial charge on any atom is 0.327 e. The van der Waals surface area contributed by atoms with Crippen LogP contribution >= 0.6 is 12.6 Å². The van der Waals surface area contributed by atoms with Crippen molar-refractivity contribution in [2.75, 3.05) is 5.75 Å². The summed E-state index contributed by atoms with van der Waals surface area (Å²) in [6, 6.07) is -3.69. The minimum Gasteiger partial charge on any atom is -0.481 e. The Morgan fingerprint density at radius 1 is 0.947 bits per heavy atom. The average molecular weight is 294 g/mol. The van der Waals surface area contributed by atoms with Crippen molar-refractivity contribution in [1.82, 2.24) is 10.6 Å². The molecule has 5 N–H and O–H groups in total. The Bertz CT molecular complexity index is 374. The minimum atomic E-state index is -1.41. The highest BCUT2D eigenvalue weighted by atomic mass is 32.1. The molecule has 0 radical (unpaired) electrons. The maximum absolute atomic E-state index is 11.3. The van der Waals surface area contributed by atoms with E-state index in [2.05, 4.69) is 12.6 Å². The lowest BCUT2D eigenvalue weighted by atomic mass is 10.1. The van der Waals surface area contributed by atoms with Crippen LogP contribution in [0.1, 0.15) is 12.8 Å². The number of rotatable bonds is 8. The van der Waals surface area contributed by atoms with Crippen LogP contribution in [0, 0.1) is 0 Å². The molecule has 1 unspecified atom stereocenters. The van der Waals surface area contributed by atoms with Gasteiger partial charge in [-0.05, 0) is 6.42 Å². The number of thiol groups is 1. The fourth-order valence-electron chi connectivity index (χ4n) is 1.07. The molecule has 0 aromatic rings. The molecule has 0 aliphatic carbocycles. The summed E-state index contributed by atoms with van der Waals surface area (Å²) in [7, 11) is 0. The molecule has 0 spiro atoms. The topological polar surface area (TPSA) is 153 Å². The van der Waals surface area contributed by atoms with Gasteiger partial charge in [-0.2, -0.15) is 12.6 Å². The summed E-state index contributed by atoms with van der Waals surface area (Å²) in [5.74, 6) is -4.10. The first-order valence-corrected chi connectivity index (χ1v) is 5.76. The first kappa shape index (κ1) is 17.0. The second-order valence-electron chi connectivity index (χ2n) is 3.51. The number of nitrogens with one attached hydrogen (secondary N) is 2. The number of urea groups is 1. The molecule has 0 fully saturated rings. The standard InChI is InChI=1S/C9H14N2O7S/c12-6(13)2-1-4(7(14)15)10-9(18)11-5(3-19)8(16)17/h4-5,19H,1-3H2,(H,12,13)(H,14,15)(H,16,17)(H2,10,11,18)/t4?,5-/m0/s1. The second kappa shape index (κ2) is 8.19. The number of carbonyl (C=O) groups is 4. The van der Waals surface area contributed by atoms with Gasteiger partial charge in [0, 0.05) is 12.2 Å². The maximum atomic E-state index is 11.3. The van der Waals surface area contributed by atoms with Crippen molar-refractivity contribution >= 4 is 36.6 Å². The molecule has 0 heterocycles. The molecule has 0 aromatic heterocycles. The predicted octanol–water partition coefficient (Wildman–Crippen LogP) is -1.01. The summed E-state index contributed by atoms with van der Waals surface area (Å²) in [5, 5.41) is 29.8.